The van der Waals surface area contributed by atoms with Gasteiger partial charge in [-0.15, -0.1) is 0 Å². The number of aldehydes is 1. The normalized spacial score (nSPS) is 17.2. The zero-order chi connectivity index (χ0) is 24.0. The van der Waals surface area contributed by atoms with Crippen molar-refractivity contribution >= 4 is 53.2 Å². The molecule has 1 saturated heterocycles. The van der Waals surface area contributed by atoms with Crippen LogP contribution in [0, 0.1) is 0 Å². The van der Waals surface area contributed by atoms with Gasteiger partial charge >= 0.3 is 5.97 Å². The molecule has 0 bridgehead atoms. The summed E-state index contributed by atoms with van der Waals surface area (Å²) in [6.45, 7) is 1.75. The lowest BCUT2D eigenvalue weighted by molar-refractivity contribution is -0.141. The monoisotopic (exact) mass is 487 g/mol. The van der Waals surface area contributed by atoms with Crippen LogP contribution in [-0.4, -0.2) is 71.8 Å². The van der Waals surface area contributed by atoms with E-state index in [1.54, 1.807) is 0 Å². The van der Waals surface area contributed by atoms with Gasteiger partial charge in [0.1, 0.15) is 18.4 Å². The molecule has 3 atom stereocenters. The third kappa shape index (κ3) is 6.10. The number of nitrogens with zero attached hydrogens (tertiary/aromatic N) is 1. The number of nitrogens with one attached hydrogen (secondary N) is 2. The standard InChI is InChI=1S/C20H23Cl2N3O7/c1-10(23-18(29)11-6-13(21)17(32-2)14(22)7-11)20(31)25-5-3-4-15(25)19(30)24-12(9-26)8-16(27)28/h6-7,9-10,12,15H,3-5,8H2,1-2H3,(H,23,29)(H,24,30)(H,27,28)/t10-,12?,15?/m0/s1. The van der Waals surface area contributed by atoms with Crippen molar-refractivity contribution in [3.8, 4) is 5.75 Å². The molecule has 0 aromatic heterocycles. The molecular formula is C20H23Cl2N3O7. The van der Waals surface area contributed by atoms with E-state index in [-0.39, 0.29) is 27.9 Å². The number of ether oxygens (including phenoxy) is 1. The molecule has 0 saturated carbocycles. The predicted molar refractivity (Wildman–Crippen MR) is 115 cm³/mol. The molecule has 0 aliphatic carbocycles. The fourth-order valence-corrected chi connectivity index (χ4v) is 4.02. The number of methoxy groups -OCH3 is 1. The van der Waals surface area contributed by atoms with Gasteiger partial charge in [0.2, 0.25) is 11.8 Å². The second-order valence-electron chi connectivity index (χ2n) is 7.21. The second kappa shape index (κ2) is 11.1. The number of rotatable bonds is 9. The molecule has 1 heterocycles. The van der Waals surface area contributed by atoms with Crippen molar-refractivity contribution in [2.75, 3.05) is 13.7 Å². The van der Waals surface area contributed by atoms with Gasteiger partial charge in [-0.05, 0) is 31.9 Å². The Labute approximate surface area is 194 Å². The van der Waals surface area contributed by atoms with Crippen molar-refractivity contribution in [3.05, 3.63) is 27.7 Å². The molecule has 12 heteroatoms. The third-order valence-corrected chi connectivity index (χ3v) is 5.47. The molecule has 2 rings (SSSR count). The summed E-state index contributed by atoms with van der Waals surface area (Å²) in [5.74, 6) is -2.74. The highest BCUT2D eigenvalue weighted by molar-refractivity contribution is 6.37. The predicted octanol–water partition coefficient (Wildman–Crippen LogP) is 1.27. The Morgan fingerprint density at radius 2 is 1.88 bits per heavy atom. The van der Waals surface area contributed by atoms with E-state index in [4.69, 9.17) is 33.0 Å². The summed E-state index contributed by atoms with van der Waals surface area (Å²) in [4.78, 5) is 61.1. The molecule has 1 fully saturated rings. The summed E-state index contributed by atoms with van der Waals surface area (Å²) < 4.78 is 5.04. The minimum atomic E-state index is -1.24. The van der Waals surface area contributed by atoms with Gasteiger partial charge in [-0.1, -0.05) is 23.2 Å². The Bertz CT molecular complexity index is 901. The van der Waals surface area contributed by atoms with Gasteiger partial charge in [-0.2, -0.15) is 0 Å². The van der Waals surface area contributed by atoms with Crippen LogP contribution in [0.15, 0.2) is 12.1 Å². The zero-order valence-electron chi connectivity index (χ0n) is 17.4. The SMILES string of the molecule is COc1c(Cl)cc(C(=O)N[C@@H](C)C(=O)N2CCCC2C(=O)NC(C=O)CC(=O)O)cc1Cl. The lowest BCUT2D eigenvalue weighted by Crippen LogP contribution is -2.54. The van der Waals surface area contributed by atoms with Crippen LogP contribution in [0.5, 0.6) is 5.75 Å². The molecule has 3 N–H and O–H groups in total. The van der Waals surface area contributed by atoms with Crippen LogP contribution in [0.25, 0.3) is 0 Å². The van der Waals surface area contributed by atoms with Gasteiger partial charge in [0.15, 0.2) is 5.75 Å². The summed E-state index contributed by atoms with van der Waals surface area (Å²) in [6, 6.07) is -0.335. The van der Waals surface area contributed by atoms with Crippen LogP contribution >= 0.6 is 23.2 Å². The van der Waals surface area contributed by atoms with Crippen molar-refractivity contribution < 1.29 is 33.8 Å². The molecule has 1 aromatic carbocycles. The van der Waals surface area contributed by atoms with Gasteiger partial charge in [-0.3, -0.25) is 19.2 Å². The minimum absolute atomic E-state index is 0.124. The maximum absolute atomic E-state index is 12.9. The van der Waals surface area contributed by atoms with Crippen molar-refractivity contribution in [3.63, 3.8) is 0 Å². The highest BCUT2D eigenvalue weighted by Crippen LogP contribution is 2.33. The number of halogens is 2. The smallest absolute Gasteiger partial charge is 0.305 e. The van der Waals surface area contributed by atoms with Crippen LogP contribution in [0.2, 0.25) is 10.0 Å². The van der Waals surface area contributed by atoms with Crippen molar-refractivity contribution in [2.24, 2.45) is 0 Å². The van der Waals surface area contributed by atoms with E-state index >= 15 is 0 Å². The number of likely N-dealkylation sites (tertiary alicyclic amines) is 1. The number of hydrogen-bond donors (Lipinski definition) is 3. The van der Waals surface area contributed by atoms with E-state index in [2.05, 4.69) is 10.6 Å². The van der Waals surface area contributed by atoms with Gasteiger partial charge in [0.05, 0.1) is 29.6 Å². The van der Waals surface area contributed by atoms with E-state index in [9.17, 15) is 24.0 Å². The van der Waals surface area contributed by atoms with Crippen LogP contribution in [0.4, 0.5) is 0 Å². The molecule has 2 unspecified atom stereocenters. The number of aliphatic carboxylic acids is 1. The number of carbonyl (C=O) groups excluding carboxylic acids is 4. The van der Waals surface area contributed by atoms with E-state index in [1.165, 1.54) is 31.1 Å². The number of carbonyl (C=O) groups is 5. The maximum atomic E-state index is 12.9. The number of hydrogen-bond acceptors (Lipinski definition) is 6. The second-order valence-corrected chi connectivity index (χ2v) is 8.02. The van der Waals surface area contributed by atoms with Crippen LogP contribution < -0.4 is 15.4 Å². The van der Waals surface area contributed by atoms with Gasteiger partial charge in [0, 0.05) is 12.1 Å². The first-order valence-electron chi connectivity index (χ1n) is 9.70. The van der Waals surface area contributed by atoms with Gasteiger partial charge in [0.25, 0.3) is 5.91 Å². The zero-order valence-corrected chi connectivity index (χ0v) is 18.9. The minimum Gasteiger partial charge on any atom is -0.494 e. The van der Waals surface area contributed by atoms with E-state index in [0.717, 1.165) is 0 Å². The quantitative estimate of drug-likeness (QED) is 0.445. The summed E-state index contributed by atoms with van der Waals surface area (Å²) >= 11 is 12.1. The molecule has 1 aliphatic rings. The molecule has 1 aromatic rings. The van der Waals surface area contributed by atoms with E-state index in [1.807, 2.05) is 0 Å². The fraction of sp³-hybridized carbons (Fsp3) is 0.450. The average Bonchev–Trinajstić information content (AvgIpc) is 3.21. The Morgan fingerprint density at radius 3 is 2.41 bits per heavy atom. The highest BCUT2D eigenvalue weighted by Gasteiger charge is 2.37. The number of carboxylic acid groups (broad SMARTS) is 1. The van der Waals surface area contributed by atoms with Crippen LogP contribution in [-0.2, 0) is 19.2 Å². The lowest BCUT2D eigenvalue weighted by atomic mass is 10.1. The first-order chi connectivity index (χ1) is 15.1. The Hall–Kier alpha value is -2.85. The Balaban J connectivity index is 2.06. The molecule has 3 amide bonds. The first kappa shape index (κ1) is 25.4. The van der Waals surface area contributed by atoms with Crippen molar-refractivity contribution in [2.45, 2.75) is 44.3 Å². The molecule has 32 heavy (non-hydrogen) atoms. The largest absolute Gasteiger partial charge is 0.494 e. The van der Waals surface area contributed by atoms with Crippen molar-refractivity contribution in [1.82, 2.24) is 15.5 Å². The lowest BCUT2D eigenvalue weighted by Gasteiger charge is -2.27. The molecule has 0 spiro atoms. The molecule has 10 nitrogen and oxygen atoms in total. The molecule has 0 radical (unpaired) electrons. The van der Waals surface area contributed by atoms with Gasteiger partial charge in [-0.25, -0.2) is 0 Å². The maximum Gasteiger partial charge on any atom is 0.305 e. The first-order valence-corrected chi connectivity index (χ1v) is 10.5. The van der Waals surface area contributed by atoms with Gasteiger partial charge < -0.3 is 30.2 Å². The molecule has 1 aliphatic heterocycles. The molecular weight excluding hydrogens is 465 g/mol. The summed E-state index contributed by atoms with van der Waals surface area (Å²) in [5.41, 5.74) is 0.124. The van der Waals surface area contributed by atoms with E-state index in [0.29, 0.717) is 19.1 Å². The average molecular weight is 488 g/mol. The fourth-order valence-electron chi connectivity index (χ4n) is 3.38. The summed E-state index contributed by atoms with van der Waals surface area (Å²) in [5, 5.41) is 14.0. The van der Waals surface area contributed by atoms with Crippen LogP contribution in [0.3, 0.4) is 0 Å². The topological polar surface area (TPSA) is 142 Å². The van der Waals surface area contributed by atoms with E-state index < -0.39 is 48.2 Å². The number of amides is 3. The highest BCUT2D eigenvalue weighted by atomic mass is 35.5. The number of carboxylic acids is 1. The number of benzene rings is 1. The van der Waals surface area contributed by atoms with Crippen molar-refractivity contribution in [1.29, 1.82) is 0 Å². The Morgan fingerprint density at radius 1 is 1.25 bits per heavy atom. The molecule has 174 valence electrons. The Kier molecular flexibility index (Phi) is 8.85. The third-order valence-electron chi connectivity index (χ3n) is 4.91. The summed E-state index contributed by atoms with van der Waals surface area (Å²) in [7, 11) is 1.38. The van der Waals surface area contributed by atoms with Crippen LogP contribution in [0.1, 0.15) is 36.5 Å². The summed E-state index contributed by atoms with van der Waals surface area (Å²) in [6.07, 6.45) is 0.663.